The van der Waals surface area contributed by atoms with E-state index in [2.05, 4.69) is 13.8 Å². The Balaban J connectivity index is 2.87. The molecule has 130 valence electrons. The van der Waals surface area contributed by atoms with Gasteiger partial charge in [-0.3, -0.25) is 4.79 Å². The monoisotopic (exact) mass is 343 g/mol. The molecule has 1 aromatic rings. The molecule has 5 nitrogen and oxygen atoms in total. The van der Waals surface area contributed by atoms with Gasteiger partial charge in [0.15, 0.2) is 0 Å². The van der Waals surface area contributed by atoms with E-state index in [1.165, 1.54) is 0 Å². The number of ether oxygens (including phenoxy) is 3. The van der Waals surface area contributed by atoms with Crippen LogP contribution in [0.4, 0.5) is 0 Å². The van der Waals surface area contributed by atoms with E-state index in [0.717, 1.165) is 6.42 Å². The zero-order valence-electron chi connectivity index (χ0n) is 14.3. The fourth-order valence-electron chi connectivity index (χ4n) is 2.05. The number of methoxy groups -OCH3 is 1. The second-order valence-electron chi connectivity index (χ2n) is 6.01. The minimum atomic E-state index is -0.659. The Bertz CT molecular complexity index is 519. The van der Waals surface area contributed by atoms with E-state index in [-0.39, 0.29) is 6.10 Å². The van der Waals surface area contributed by atoms with Crippen LogP contribution in [0, 0.1) is 5.92 Å². The molecule has 0 radical (unpaired) electrons. The van der Waals surface area contributed by atoms with Gasteiger partial charge in [-0.25, -0.2) is 0 Å². The number of rotatable bonds is 8. The number of halogens is 1. The van der Waals surface area contributed by atoms with Crippen molar-refractivity contribution in [3.63, 3.8) is 0 Å². The van der Waals surface area contributed by atoms with E-state index >= 15 is 0 Å². The molecule has 0 saturated heterocycles. The van der Waals surface area contributed by atoms with Crippen LogP contribution in [0.1, 0.15) is 34.1 Å². The topological polar surface area (TPSA) is 70.8 Å². The molecule has 0 bridgehead atoms. The second-order valence-corrected chi connectivity index (χ2v) is 6.42. The highest BCUT2D eigenvalue weighted by atomic mass is 35.5. The molecule has 1 aromatic carbocycles. The third-order valence-corrected chi connectivity index (χ3v) is 3.62. The molecular formula is C17H26ClNO4. The lowest BCUT2D eigenvalue weighted by Crippen LogP contribution is -2.39. The summed E-state index contributed by atoms with van der Waals surface area (Å²) in [5.74, 6) is 1.09. The predicted molar refractivity (Wildman–Crippen MR) is 91.1 cm³/mol. The van der Waals surface area contributed by atoms with Gasteiger partial charge in [0.2, 0.25) is 0 Å². The summed E-state index contributed by atoms with van der Waals surface area (Å²) in [6.07, 6.45) is 0.0272. The largest absolute Gasteiger partial charge is 0.495 e. The molecule has 0 aliphatic heterocycles. The molecule has 0 aromatic heterocycles. The summed E-state index contributed by atoms with van der Waals surface area (Å²) in [6.45, 7) is 7.57. The summed E-state index contributed by atoms with van der Waals surface area (Å²) < 4.78 is 16.6. The Hall–Kier alpha value is -1.46. The van der Waals surface area contributed by atoms with Crippen LogP contribution in [0.2, 0.25) is 5.02 Å². The molecule has 3 atom stereocenters. The first-order valence-corrected chi connectivity index (χ1v) is 8.08. The van der Waals surface area contributed by atoms with E-state index in [4.69, 9.17) is 31.5 Å². The maximum absolute atomic E-state index is 11.7. The quantitative estimate of drug-likeness (QED) is 0.732. The molecule has 0 aliphatic carbocycles. The molecule has 0 unspecified atom stereocenters. The summed E-state index contributed by atoms with van der Waals surface area (Å²) in [6, 6.07) is 4.53. The van der Waals surface area contributed by atoms with Crippen molar-refractivity contribution in [2.75, 3.05) is 7.11 Å². The SMILES string of the molecule is COc1cc(O[C@H](CC(C)C)[C@H](C)OC(=O)[C@H](C)N)ccc1Cl. The number of nitrogens with two attached hydrogens (primary N) is 1. The van der Waals surface area contributed by atoms with Crippen molar-refractivity contribution in [1.82, 2.24) is 0 Å². The molecule has 0 fully saturated rings. The zero-order chi connectivity index (χ0) is 17.6. The number of benzene rings is 1. The molecule has 23 heavy (non-hydrogen) atoms. The average molecular weight is 344 g/mol. The van der Waals surface area contributed by atoms with Gasteiger partial charge < -0.3 is 19.9 Å². The summed E-state index contributed by atoms with van der Waals surface area (Å²) in [4.78, 5) is 11.7. The molecule has 6 heteroatoms. The van der Waals surface area contributed by atoms with Gasteiger partial charge in [0, 0.05) is 6.07 Å². The Morgan fingerprint density at radius 2 is 1.91 bits per heavy atom. The van der Waals surface area contributed by atoms with Crippen LogP contribution in [0.15, 0.2) is 18.2 Å². The highest BCUT2D eigenvalue weighted by Gasteiger charge is 2.25. The first kappa shape index (κ1) is 19.6. The van der Waals surface area contributed by atoms with E-state index in [0.29, 0.717) is 22.4 Å². The van der Waals surface area contributed by atoms with E-state index in [9.17, 15) is 4.79 Å². The molecule has 1 rings (SSSR count). The van der Waals surface area contributed by atoms with Gasteiger partial charge in [0.1, 0.15) is 29.7 Å². The van der Waals surface area contributed by atoms with Crippen LogP contribution < -0.4 is 15.2 Å². The Morgan fingerprint density at radius 3 is 2.43 bits per heavy atom. The van der Waals surface area contributed by atoms with Gasteiger partial charge in [-0.15, -0.1) is 0 Å². The lowest BCUT2D eigenvalue weighted by Gasteiger charge is -2.27. The fourth-order valence-corrected chi connectivity index (χ4v) is 2.25. The van der Waals surface area contributed by atoms with Crippen molar-refractivity contribution in [1.29, 1.82) is 0 Å². The summed E-state index contributed by atoms with van der Waals surface area (Å²) >= 11 is 6.02. The Morgan fingerprint density at radius 1 is 1.26 bits per heavy atom. The van der Waals surface area contributed by atoms with Crippen molar-refractivity contribution in [3.8, 4) is 11.5 Å². The zero-order valence-corrected chi connectivity index (χ0v) is 15.1. The third kappa shape index (κ3) is 6.28. The van der Waals surface area contributed by atoms with Crippen LogP contribution in [0.25, 0.3) is 0 Å². The highest BCUT2D eigenvalue weighted by molar-refractivity contribution is 6.32. The van der Waals surface area contributed by atoms with E-state index < -0.39 is 18.1 Å². The average Bonchev–Trinajstić information content (AvgIpc) is 2.47. The third-order valence-electron chi connectivity index (χ3n) is 3.31. The van der Waals surface area contributed by atoms with Crippen LogP contribution in [-0.4, -0.2) is 31.3 Å². The van der Waals surface area contributed by atoms with Gasteiger partial charge in [-0.05, 0) is 38.3 Å². The maximum atomic E-state index is 11.7. The van der Waals surface area contributed by atoms with Crippen molar-refractivity contribution >= 4 is 17.6 Å². The minimum absolute atomic E-state index is 0.288. The molecule has 2 N–H and O–H groups in total. The smallest absolute Gasteiger partial charge is 0.323 e. The standard InChI is InChI=1S/C17H26ClNO4/c1-10(2)8-15(12(4)22-17(20)11(3)19)23-13-6-7-14(18)16(9-13)21-5/h6-7,9-12,15H,8,19H2,1-5H3/t11-,12-,15+/m0/s1. The van der Waals surface area contributed by atoms with Crippen molar-refractivity contribution < 1.29 is 19.0 Å². The van der Waals surface area contributed by atoms with E-state index in [1.54, 1.807) is 39.2 Å². The van der Waals surface area contributed by atoms with Gasteiger partial charge in [-0.2, -0.15) is 0 Å². The lowest BCUT2D eigenvalue weighted by molar-refractivity contribution is -0.154. The van der Waals surface area contributed by atoms with Crippen molar-refractivity contribution in [2.45, 2.75) is 52.4 Å². The number of esters is 1. The summed E-state index contributed by atoms with van der Waals surface area (Å²) in [7, 11) is 1.55. The van der Waals surface area contributed by atoms with Gasteiger partial charge >= 0.3 is 5.97 Å². The molecule has 0 aliphatic rings. The summed E-state index contributed by atoms with van der Waals surface area (Å²) in [5.41, 5.74) is 5.55. The predicted octanol–water partition coefficient (Wildman–Crippen LogP) is 3.42. The van der Waals surface area contributed by atoms with Crippen molar-refractivity contribution in [3.05, 3.63) is 23.2 Å². The maximum Gasteiger partial charge on any atom is 0.323 e. The first-order chi connectivity index (χ1) is 10.7. The number of carbonyl (C=O) groups excluding carboxylic acids is 1. The molecule has 0 spiro atoms. The second kappa shape index (κ2) is 8.99. The molecular weight excluding hydrogens is 318 g/mol. The van der Waals surface area contributed by atoms with Gasteiger partial charge in [0.25, 0.3) is 0 Å². The molecule has 0 saturated carbocycles. The summed E-state index contributed by atoms with van der Waals surface area (Å²) in [5, 5.41) is 0.511. The van der Waals surface area contributed by atoms with Gasteiger partial charge in [-0.1, -0.05) is 25.4 Å². The Labute approximate surface area is 143 Å². The van der Waals surface area contributed by atoms with Crippen LogP contribution in [0.3, 0.4) is 0 Å². The fraction of sp³-hybridized carbons (Fsp3) is 0.588. The first-order valence-electron chi connectivity index (χ1n) is 7.70. The number of hydrogen-bond donors (Lipinski definition) is 1. The van der Waals surface area contributed by atoms with Gasteiger partial charge in [0.05, 0.1) is 12.1 Å². The molecule has 0 heterocycles. The highest BCUT2D eigenvalue weighted by Crippen LogP contribution is 2.30. The molecule has 0 amide bonds. The Kier molecular flexibility index (Phi) is 7.65. The van der Waals surface area contributed by atoms with Crippen LogP contribution >= 0.6 is 11.6 Å². The normalized spacial score (nSPS) is 15.0. The van der Waals surface area contributed by atoms with Crippen LogP contribution in [0.5, 0.6) is 11.5 Å². The van der Waals surface area contributed by atoms with Crippen LogP contribution in [-0.2, 0) is 9.53 Å². The number of carbonyl (C=O) groups is 1. The lowest BCUT2D eigenvalue weighted by atomic mass is 10.0. The van der Waals surface area contributed by atoms with E-state index in [1.807, 2.05) is 0 Å². The minimum Gasteiger partial charge on any atom is -0.495 e. The number of hydrogen-bond acceptors (Lipinski definition) is 5. The van der Waals surface area contributed by atoms with Crippen molar-refractivity contribution in [2.24, 2.45) is 11.7 Å².